The van der Waals surface area contributed by atoms with Crippen LogP contribution in [0.1, 0.15) is 17.5 Å². The fourth-order valence-electron chi connectivity index (χ4n) is 13.8. The fraction of sp³-hybridized carbons (Fsp3) is 0.0556. The molecule has 0 bridgehead atoms. The Balaban J connectivity index is 0.938. The number of aryl methyl sites for hydroxylation is 2. The molecule has 74 heavy (non-hydrogen) atoms. The minimum Gasteiger partial charge on any atom is -0.342 e. The normalized spacial score (nSPS) is 12.8. The van der Waals surface area contributed by atoms with Gasteiger partial charge in [-0.15, -0.1) is 0 Å². The molecule has 15 aromatic rings. The quantitative estimate of drug-likeness (QED) is 0.156. The molecule has 0 atom stereocenters. The minimum atomic E-state index is 1.00. The molecule has 0 fully saturated rings. The second-order valence-electron chi connectivity index (χ2n) is 20.6. The molecule has 0 saturated heterocycles. The van der Waals surface area contributed by atoms with Crippen molar-refractivity contribution in [3.63, 3.8) is 0 Å². The lowest BCUT2D eigenvalue weighted by Crippen LogP contribution is -2.03. The molecule has 0 radical (unpaired) electrons. The number of hydrogen-bond donors (Lipinski definition) is 0. The van der Waals surface area contributed by atoms with Crippen molar-refractivity contribution in [2.45, 2.75) is 12.8 Å². The Bertz CT molecular complexity index is 4910. The SMILES string of the molecule is Cn1c2cc(-c3c4c(c(-c5cccc6ccccc56)c5ccccc35)C=CCC4)ccc2c2c3ccccc3c3c4ccc(-c5c6ccccc6c(-c6cccc7ccccc67)c6ccccc56)cc4n(C)c3c21. The van der Waals surface area contributed by atoms with Crippen molar-refractivity contribution in [2.24, 2.45) is 14.1 Å². The average molecular weight is 941 g/mol. The van der Waals surface area contributed by atoms with Crippen LogP contribution in [0, 0.1) is 0 Å². The van der Waals surface area contributed by atoms with Crippen molar-refractivity contribution < 1.29 is 0 Å². The van der Waals surface area contributed by atoms with Crippen LogP contribution in [-0.4, -0.2) is 9.13 Å². The van der Waals surface area contributed by atoms with E-state index in [1.54, 1.807) is 0 Å². The van der Waals surface area contributed by atoms with E-state index < -0.39 is 0 Å². The van der Waals surface area contributed by atoms with Gasteiger partial charge in [0, 0.05) is 46.7 Å². The maximum atomic E-state index is 2.49. The van der Waals surface area contributed by atoms with Gasteiger partial charge in [-0.25, -0.2) is 0 Å². The van der Waals surface area contributed by atoms with E-state index in [1.807, 2.05) is 0 Å². The van der Waals surface area contributed by atoms with Crippen molar-refractivity contribution >= 4 is 114 Å². The Morgan fingerprint density at radius 1 is 0.324 bits per heavy atom. The lowest BCUT2D eigenvalue weighted by atomic mass is 9.79. The van der Waals surface area contributed by atoms with Crippen molar-refractivity contribution in [1.82, 2.24) is 9.13 Å². The number of benzene rings is 13. The molecule has 2 heteroatoms. The third kappa shape index (κ3) is 5.65. The summed E-state index contributed by atoms with van der Waals surface area (Å²) >= 11 is 0. The topological polar surface area (TPSA) is 9.86 Å². The molecule has 2 nitrogen and oxygen atoms in total. The van der Waals surface area contributed by atoms with Crippen molar-refractivity contribution in [1.29, 1.82) is 0 Å². The van der Waals surface area contributed by atoms with Gasteiger partial charge in [-0.2, -0.15) is 0 Å². The van der Waals surface area contributed by atoms with Gasteiger partial charge < -0.3 is 9.13 Å². The number of fused-ring (bicyclic) bond motifs is 16. The molecule has 16 rings (SSSR count). The van der Waals surface area contributed by atoms with Gasteiger partial charge in [0.2, 0.25) is 0 Å². The van der Waals surface area contributed by atoms with E-state index in [4.69, 9.17) is 0 Å². The molecular weight excluding hydrogens is 893 g/mol. The molecule has 2 heterocycles. The molecule has 0 saturated carbocycles. The van der Waals surface area contributed by atoms with Gasteiger partial charge in [0.05, 0.1) is 11.0 Å². The summed E-state index contributed by atoms with van der Waals surface area (Å²) in [6, 6.07) is 82.0. The van der Waals surface area contributed by atoms with Gasteiger partial charge in [0.15, 0.2) is 0 Å². The summed E-state index contributed by atoms with van der Waals surface area (Å²) in [5, 5.41) is 20.5. The van der Waals surface area contributed by atoms with Crippen LogP contribution in [0.3, 0.4) is 0 Å². The second-order valence-corrected chi connectivity index (χ2v) is 20.6. The van der Waals surface area contributed by atoms with Gasteiger partial charge in [-0.1, -0.05) is 218 Å². The molecule has 0 N–H and O–H groups in total. The van der Waals surface area contributed by atoms with Gasteiger partial charge >= 0.3 is 0 Å². The van der Waals surface area contributed by atoms with E-state index >= 15 is 0 Å². The van der Waals surface area contributed by atoms with Crippen molar-refractivity contribution in [2.75, 3.05) is 0 Å². The highest BCUT2D eigenvalue weighted by molar-refractivity contribution is 6.36. The van der Waals surface area contributed by atoms with Crippen LogP contribution < -0.4 is 0 Å². The van der Waals surface area contributed by atoms with E-state index in [2.05, 4.69) is 254 Å². The van der Waals surface area contributed by atoms with E-state index in [0.29, 0.717) is 0 Å². The predicted octanol–water partition coefficient (Wildman–Crippen LogP) is 19.5. The first-order chi connectivity index (χ1) is 36.6. The smallest absolute Gasteiger partial charge is 0.0742 e. The molecule has 346 valence electrons. The number of allylic oxidation sites excluding steroid dienone is 1. The molecule has 2 aromatic heterocycles. The maximum absolute atomic E-state index is 2.49. The van der Waals surface area contributed by atoms with Crippen LogP contribution in [-0.2, 0) is 20.5 Å². The predicted molar refractivity (Wildman–Crippen MR) is 319 cm³/mol. The molecule has 0 amide bonds. The molecule has 13 aromatic carbocycles. The molecule has 0 spiro atoms. The lowest BCUT2D eigenvalue weighted by molar-refractivity contribution is 0.986. The van der Waals surface area contributed by atoms with Crippen LogP contribution >= 0.6 is 0 Å². The molecule has 0 aliphatic heterocycles. The second kappa shape index (κ2) is 15.6. The zero-order valence-electron chi connectivity index (χ0n) is 41.2. The van der Waals surface area contributed by atoms with Gasteiger partial charge in [0.25, 0.3) is 0 Å². The monoisotopic (exact) mass is 940 g/mol. The Morgan fingerprint density at radius 3 is 1.23 bits per heavy atom. The maximum Gasteiger partial charge on any atom is 0.0742 e. The molecule has 1 aliphatic rings. The van der Waals surface area contributed by atoms with Crippen molar-refractivity contribution in [3.05, 3.63) is 236 Å². The fourth-order valence-corrected chi connectivity index (χ4v) is 13.8. The number of aromatic nitrogens is 2. The third-order valence-corrected chi connectivity index (χ3v) is 16.9. The Hall–Kier alpha value is -9.24. The zero-order valence-corrected chi connectivity index (χ0v) is 41.2. The van der Waals surface area contributed by atoms with Crippen molar-refractivity contribution in [3.8, 4) is 44.5 Å². The van der Waals surface area contributed by atoms with Crippen LogP contribution in [0.5, 0.6) is 0 Å². The summed E-state index contributed by atoms with van der Waals surface area (Å²) in [5.41, 5.74) is 18.1. The summed E-state index contributed by atoms with van der Waals surface area (Å²) in [7, 11) is 4.58. The Labute approximate surface area is 428 Å². The lowest BCUT2D eigenvalue weighted by Gasteiger charge is -2.24. The first kappa shape index (κ1) is 41.4. The summed E-state index contributed by atoms with van der Waals surface area (Å²) in [6.45, 7) is 0. The van der Waals surface area contributed by atoms with Crippen LogP contribution in [0.15, 0.2) is 224 Å². The summed E-state index contributed by atoms with van der Waals surface area (Å²) in [6.07, 6.45) is 6.81. The van der Waals surface area contributed by atoms with Crippen LogP contribution in [0.2, 0.25) is 0 Å². The van der Waals surface area contributed by atoms with Gasteiger partial charge in [-0.3, -0.25) is 0 Å². The van der Waals surface area contributed by atoms with E-state index in [0.717, 1.165) is 12.8 Å². The number of nitrogens with zero attached hydrogens (tertiary/aromatic N) is 2. The van der Waals surface area contributed by atoms with E-state index in [-0.39, 0.29) is 0 Å². The highest BCUT2D eigenvalue weighted by Gasteiger charge is 2.26. The minimum absolute atomic E-state index is 1.00. The largest absolute Gasteiger partial charge is 0.342 e. The summed E-state index contributed by atoms with van der Waals surface area (Å²) in [5.74, 6) is 0. The first-order valence-electron chi connectivity index (χ1n) is 26.1. The molecule has 1 aliphatic carbocycles. The molecular formula is C72H48N2. The van der Waals surface area contributed by atoms with Gasteiger partial charge in [0.1, 0.15) is 0 Å². The zero-order chi connectivity index (χ0) is 48.8. The Morgan fingerprint density at radius 2 is 0.716 bits per heavy atom. The summed E-state index contributed by atoms with van der Waals surface area (Å²) in [4.78, 5) is 0. The van der Waals surface area contributed by atoms with Crippen LogP contribution in [0.25, 0.3) is 159 Å². The number of rotatable bonds is 4. The highest BCUT2D eigenvalue weighted by Crippen LogP contribution is 2.51. The molecule has 0 unspecified atom stereocenters. The standard InChI is InChI=1S/C72H48N2/c1-73-63-41-45(65-51-25-7-11-29-55(51)67(56-30-12-8-26-52(56)65)49-35-17-21-43-19-3-5-23-47(43)49)37-39-61(63)69-59-33-15-16-34-60(59)70-62-40-38-46(42-64(62)74(2)72(70)71(69)73)66-53-27-9-13-31-57(53)68(58-32-14-10-28-54(58)66)50-36-18-22-44-20-4-6-24-48(44)50/h3-9,11-27,29-42H,10,28H2,1-2H3. The summed E-state index contributed by atoms with van der Waals surface area (Å²) < 4.78 is 4.98. The number of hydrogen-bond acceptors (Lipinski definition) is 0. The van der Waals surface area contributed by atoms with E-state index in [1.165, 1.54) is 164 Å². The first-order valence-corrected chi connectivity index (χ1v) is 26.1. The highest BCUT2D eigenvalue weighted by atomic mass is 15.0. The van der Waals surface area contributed by atoms with E-state index in [9.17, 15) is 0 Å². The third-order valence-electron chi connectivity index (χ3n) is 16.9. The average Bonchev–Trinajstić information content (AvgIpc) is 3.94. The Kier molecular flexibility index (Phi) is 8.74. The van der Waals surface area contributed by atoms with Crippen LogP contribution in [0.4, 0.5) is 0 Å². The van der Waals surface area contributed by atoms with Gasteiger partial charge in [-0.05, 0) is 145 Å².